The Balaban J connectivity index is 1.94. The van der Waals surface area contributed by atoms with E-state index in [1.807, 2.05) is 0 Å². The van der Waals surface area contributed by atoms with E-state index in [1.54, 1.807) is 13.8 Å². The summed E-state index contributed by atoms with van der Waals surface area (Å²) in [5.41, 5.74) is -0.505. The first-order chi connectivity index (χ1) is 10.3. The summed E-state index contributed by atoms with van der Waals surface area (Å²) in [4.78, 5) is 12.2. The SMILES string of the molecule is Cc1cc(C(F)(F)F)nn1CC(C)C(=O)NC1CCCCC1. The van der Waals surface area contributed by atoms with Crippen LogP contribution in [0.5, 0.6) is 0 Å². The predicted octanol–water partition coefficient (Wildman–Crippen LogP) is 3.30. The van der Waals surface area contributed by atoms with Crippen LogP contribution >= 0.6 is 0 Å². The van der Waals surface area contributed by atoms with E-state index in [0.29, 0.717) is 5.69 Å². The van der Waals surface area contributed by atoms with Crippen molar-refractivity contribution in [1.82, 2.24) is 15.1 Å². The second-order valence-electron chi connectivity index (χ2n) is 6.10. The number of aromatic nitrogens is 2. The number of rotatable bonds is 4. The molecule has 0 aliphatic heterocycles. The van der Waals surface area contributed by atoms with E-state index in [-0.39, 0.29) is 18.5 Å². The van der Waals surface area contributed by atoms with E-state index in [1.165, 1.54) is 11.1 Å². The Morgan fingerprint density at radius 1 is 1.41 bits per heavy atom. The molecule has 0 radical (unpaired) electrons. The van der Waals surface area contributed by atoms with Gasteiger partial charge in [0.15, 0.2) is 5.69 Å². The summed E-state index contributed by atoms with van der Waals surface area (Å²) in [6, 6.07) is 1.21. The maximum Gasteiger partial charge on any atom is 0.435 e. The Hall–Kier alpha value is -1.53. The Bertz CT molecular complexity index is 519. The lowest BCUT2D eigenvalue weighted by Gasteiger charge is -2.24. The number of hydrogen-bond donors (Lipinski definition) is 1. The third-order valence-corrected chi connectivity index (χ3v) is 4.12. The van der Waals surface area contributed by atoms with Crippen LogP contribution in [0.4, 0.5) is 13.2 Å². The van der Waals surface area contributed by atoms with Crippen LogP contribution in [0.25, 0.3) is 0 Å². The van der Waals surface area contributed by atoms with Crippen LogP contribution in [0.1, 0.15) is 50.4 Å². The van der Waals surface area contributed by atoms with Gasteiger partial charge in [0.05, 0.1) is 12.5 Å². The van der Waals surface area contributed by atoms with Gasteiger partial charge in [-0.25, -0.2) is 0 Å². The molecule has 0 spiro atoms. The lowest BCUT2D eigenvalue weighted by atomic mass is 9.95. The molecule has 1 amide bonds. The quantitative estimate of drug-likeness (QED) is 0.926. The second kappa shape index (κ2) is 6.71. The summed E-state index contributed by atoms with van der Waals surface area (Å²) >= 11 is 0. The summed E-state index contributed by atoms with van der Waals surface area (Å²) in [7, 11) is 0. The van der Waals surface area contributed by atoms with E-state index >= 15 is 0 Å². The van der Waals surface area contributed by atoms with Crippen LogP contribution in [0.15, 0.2) is 6.07 Å². The molecule has 1 N–H and O–H groups in total. The predicted molar refractivity (Wildman–Crippen MR) is 76.1 cm³/mol. The van der Waals surface area contributed by atoms with Crippen molar-refractivity contribution in [3.05, 3.63) is 17.5 Å². The summed E-state index contributed by atoms with van der Waals surface area (Å²) in [5.74, 6) is -0.531. The van der Waals surface area contributed by atoms with Gasteiger partial charge in [0.2, 0.25) is 5.91 Å². The van der Waals surface area contributed by atoms with Gasteiger partial charge in [-0.1, -0.05) is 26.2 Å². The number of carbonyl (C=O) groups excluding carboxylic acids is 1. The van der Waals surface area contributed by atoms with Crippen LogP contribution in [-0.2, 0) is 17.5 Å². The first-order valence-corrected chi connectivity index (χ1v) is 7.69. The smallest absolute Gasteiger partial charge is 0.353 e. The van der Waals surface area contributed by atoms with Gasteiger partial charge in [0.1, 0.15) is 0 Å². The van der Waals surface area contributed by atoms with Crippen LogP contribution in [-0.4, -0.2) is 21.7 Å². The van der Waals surface area contributed by atoms with Gasteiger partial charge in [0.25, 0.3) is 0 Å². The van der Waals surface area contributed by atoms with Gasteiger partial charge < -0.3 is 5.32 Å². The minimum atomic E-state index is -4.45. The average Bonchev–Trinajstić information content (AvgIpc) is 2.81. The molecule has 1 aromatic rings. The standard InChI is InChI=1S/C15H22F3N3O/c1-10(14(22)19-12-6-4-3-5-7-12)9-21-11(2)8-13(20-21)15(16,17)18/h8,10,12H,3-7,9H2,1-2H3,(H,19,22). The molecule has 1 saturated carbocycles. The number of halogens is 3. The van der Waals surface area contributed by atoms with Crippen LogP contribution in [0, 0.1) is 12.8 Å². The number of alkyl halides is 3. The first-order valence-electron chi connectivity index (χ1n) is 7.69. The molecule has 1 aliphatic rings. The molecule has 1 heterocycles. The number of hydrogen-bond acceptors (Lipinski definition) is 2. The zero-order valence-electron chi connectivity index (χ0n) is 12.9. The van der Waals surface area contributed by atoms with E-state index in [2.05, 4.69) is 10.4 Å². The normalized spacial score (nSPS) is 18.2. The monoisotopic (exact) mass is 317 g/mol. The van der Waals surface area contributed by atoms with Gasteiger partial charge in [-0.05, 0) is 25.8 Å². The highest BCUT2D eigenvalue weighted by atomic mass is 19.4. The minimum absolute atomic E-state index is 0.115. The van der Waals surface area contributed by atoms with Crippen molar-refractivity contribution in [2.75, 3.05) is 0 Å². The highest BCUT2D eigenvalue weighted by molar-refractivity contribution is 5.78. The minimum Gasteiger partial charge on any atom is -0.353 e. The molecule has 1 atom stereocenters. The first kappa shape index (κ1) is 16.8. The van der Waals surface area contributed by atoms with Crippen LogP contribution in [0.3, 0.4) is 0 Å². The molecule has 2 rings (SSSR count). The zero-order valence-corrected chi connectivity index (χ0v) is 12.9. The number of amides is 1. The summed E-state index contributed by atoms with van der Waals surface area (Å²) < 4.78 is 39.2. The van der Waals surface area contributed by atoms with Crippen molar-refractivity contribution in [2.45, 2.75) is 64.7 Å². The Morgan fingerprint density at radius 3 is 2.59 bits per heavy atom. The lowest BCUT2D eigenvalue weighted by Crippen LogP contribution is -2.40. The van der Waals surface area contributed by atoms with Crippen molar-refractivity contribution < 1.29 is 18.0 Å². The largest absolute Gasteiger partial charge is 0.435 e. The number of carbonyl (C=O) groups is 1. The van der Waals surface area contributed by atoms with Gasteiger partial charge in [-0.3, -0.25) is 9.48 Å². The molecular weight excluding hydrogens is 295 g/mol. The fourth-order valence-corrected chi connectivity index (χ4v) is 2.77. The van der Waals surface area contributed by atoms with Crippen molar-refractivity contribution >= 4 is 5.91 Å². The van der Waals surface area contributed by atoms with Gasteiger partial charge in [0, 0.05) is 11.7 Å². The van der Waals surface area contributed by atoms with Crippen molar-refractivity contribution in [1.29, 1.82) is 0 Å². The highest BCUT2D eigenvalue weighted by Gasteiger charge is 2.34. The van der Waals surface area contributed by atoms with Gasteiger partial charge >= 0.3 is 6.18 Å². The molecule has 0 bridgehead atoms. The molecule has 1 aliphatic carbocycles. The lowest BCUT2D eigenvalue weighted by molar-refractivity contribution is -0.141. The summed E-state index contributed by atoms with van der Waals surface area (Å²) in [6.45, 7) is 3.43. The maximum atomic E-state index is 12.6. The third kappa shape index (κ3) is 4.24. The Kier molecular flexibility index (Phi) is 5.13. The molecular formula is C15H22F3N3O. The number of aryl methyl sites for hydroxylation is 1. The fourth-order valence-electron chi connectivity index (χ4n) is 2.77. The van der Waals surface area contributed by atoms with Crippen LogP contribution < -0.4 is 5.32 Å². The maximum absolute atomic E-state index is 12.6. The van der Waals surface area contributed by atoms with Crippen molar-refractivity contribution in [3.8, 4) is 0 Å². The van der Waals surface area contributed by atoms with Gasteiger partial charge in [-0.2, -0.15) is 18.3 Å². The topological polar surface area (TPSA) is 46.9 Å². The van der Waals surface area contributed by atoms with Crippen LogP contribution in [0.2, 0.25) is 0 Å². The average molecular weight is 317 g/mol. The Morgan fingerprint density at radius 2 is 2.05 bits per heavy atom. The van der Waals surface area contributed by atoms with Crippen molar-refractivity contribution in [3.63, 3.8) is 0 Å². The zero-order chi connectivity index (χ0) is 16.3. The molecule has 22 heavy (non-hydrogen) atoms. The molecule has 124 valence electrons. The highest BCUT2D eigenvalue weighted by Crippen LogP contribution is 2.28. The summed E-state index contributed by atoms with van der Waals surface area (Å²) in [6.07, 6.45) is 0.951. The van der Waals surface area contributed by atoms with E-state index in [4.69, 9.17) is 0 Å². The Labute approximate surface area is 128 Å². The molecule has 0 aromatic carbocycles. The molecule has 1 aromatic heterocycles. The number of nitrogens with zero attached hydrogens (tertiary/aromatic N) is 2. The van der Waals surface area contributed by atoms with Gasteiger partial charge in [-0.15, -0.1) is 0 Å². The second-order valence-corrected chi connectivity index (χ2v) is 6.10. The van der Waals surface area contributed by atoms with E-state index in [9.17, 15) is 18.0 Å². The molecule has 1 fully saturated rings. The van der Waals surface area contributed by atoms with E-state index in [0.717, 1.165) is 31.7 Å². The van der Waals surface area contributed by atoms with E-state index < -0.39 is 17.8 Å². The van der Waals surface area contributed by atoms with Crippen molar-refractivity contribution in [2.24, 2.45) is 5.92 Å². The fraction of sp³-hybridized carbons (Fsp3) is 0.733. The molecule has 4 nitrogen and oxygen atoms in total. The summed E-state index contributed by atoms with van der Waals surface area (Å²) in [5, 5.41) is 6.56. The molecule has 1 unspecified atom stereocenters. The molecule has 7 heteroatoms. The number of nitrogens with one attached hydrogen (secondary N) is 1. The third-order valence-electron chi connectivity index (χ3n) is 4.12. The molecule has 0 saturated heterocycles.